The van der Waals surface area contributed by atoms with Crippen molar-refractivity contribution >= 4 is 5.91 Å². The van der Waals surface area contributed by atoms with Crippen molar-refractivity contribution in [2.24, 2.45) is 0 Å². The molecule has 0 aromatic rings. The summed E-state index contributed by atoms with van der Waals surface area (Å²) in [4.78, 5) is 10.5. The van der Waals surface area contributed by atoms with Crippen LogP contribution >= 0.6 is 0 Å². The lowest BCUT2D eigenvalue weighted by molar-refractivity contribution is -0.123. The van der Waals surface area contributed by atoms with E-state index in [1.54, 1.807) is 19.1 Å². The first-order valence-corrected chi connectivity index (χ1v) is 2.90. The van der Waals surface area contributed by atoms with Crippen molar-refractivity contribution in [2.75, 3.05) is 6.61 Å². The molecule has 0 bridgehead atoms. The van der Waals surface area contributed by atoms with E-state index in [-0.39, 0.29) is 0 Å². The van der Waals surface area contributed by atoms with Crippen LogP contribution in [-0.4, -0.2) is 17.6 Å². The van der Waals surface area contributed by atoms with E-state index in [1.165, 1.54) is 0 Å². The van der Waals surface area contributed by atoms with E-state index >= 15 is 0 Å². The summed E-state index contributed by atoms with van der Waals surface area (Å²) >= 11 is 0. The molecule has 0 radical (unpaired) electrons. The molecule has 0 fully saturated rings. The lowest BCUT2D eigenvalue weighted by Gasteiger charge is -1.99. The third-order valence-electron chi connectivity index (χ3n) is 0.848. The van der Waals surface area contributed by atoms with Crippen LogP contribution in [0.25, 0.3) is 0 Å². The largest absolute Gasteiger partial charge is 0.387 e. The normalized spacial score (nSPS) is 10.8. The molecule has 0 saturated heterocycles. The SMILES string of the molecule is C=C/C=C(\C)NC(=O)CO. The van der Waals surface area contributed by atoms with Crippen LogP contribution in [0.1, 0.15) is 6.92 Å². The number of hydrogen-bond donors (Lipinski definition) is 2. The molecule has 0 aliphatic carbocycles. The van der Waals surface area contributed by atoms with E-state index in [0.29, 0.717) is 5.70 Å². The Morgan fingerprint density at radius 1 is 1.80 bits per heavy atom. The molecule has 0 atom stereocenters. The number of nitrogens with one attached hydrogen (secondary N) is 1. The fourth-order valence-corrected chi connectivity index (χ4v) is 0.478. The van der Waals surface area contributed by atoms with E-state index in [1.807, 2.05) is 0 Å². The first kappa shape index (κ1) is 8.91. The van der Waals surface area contributed by atoms with Gasteiger partial charge in [-0.1, -0.05) is 12.7 Å². The van der Waals surface area contributed by atoms with Crippen molar-refractivity contribution in [3.63, 3.8) is 0 Å². The van der Waals surface area contributed by atoms with Gasteiger partial charge in [-0.05, 0) is 13.0 Å². The van der Waals surface area contributed by atoms with Gasteiger partial charge >= 0.3 is 0 Å². The maximum absolute atomic E-state index is 10.5. The second kappa shape index (κ2) is 4.76. The van der Waals surface area contributed by atoms with Crippen molar-refractivity contribution in [3.05, 3.63) is 24.4 Å². The van der Waals surface area contributed by atoms with Crippen molar-refractivity contribution in [3.8, 4) is 0 Å². The monoisotopic (exact) mass is 141 g/mol. The predicted molar refractivity (Wildman–Crippen MR) is 39.2 cm³/mol. The number of allylic oxidation sites excluding steroid dienone is 3. The van der Waals surface area contributed by atoms with Crippen LogP contribution in [0.4, 0.5) is 0 Å². The summed E-state index contributed by atoms with van der Waals surface area (Å²) in [6.07, 6.45) is 3.21. The zero-order valence-electron chi connectivity index (χ0n) is 5.92. The Morgan fingerprint density at radius 2 is 2.40 bits per heavy atom. The number of aliphatic hydroxyl groups is 1. The molecular weight excluding hydrogens is 130 g/mol. The second-order valence-corrected chi connectivity index (χ2v) is 1.79. The van der Waals surface area contributed by atoms with Crippen molar-refractivity contribution in [1.29, 1.82) is 0 Å². The summed E-state index contributed by atoms with van der Waals surface area (Å²) in [5.74, 6) is -0.407. The average Bonchev–Trinajstić information content (AvgIpc) is 1.88. The van der Waals surface area contributed by atoms with Gasteiger partial charge in [0.25, 0.3) is 0 Å². The van der Waals surface area contributed by atoms with E-state index in [4.69, 9.17) is 5.11 Å². The Hall–Kier alpha value is -1.09. The molecular formula is C7H11NO2. The molecule has 0 saturated carbocycles. The molecule has 10 heavy (non-hydrogen) atoms. The zero-order valence-corrected chi connectivity index (χ0v) is 5.92. The zero-order chi connectivity index (χ0) is 7.98. The Morgan fingerprint density at radius 3 is 2.80 bits per heavy atom. The van der Waals surface area contributed by atoms with Crippen LogP contribution < -0.4 is 5.32 Å². The molecule has 56 valence electrons. The van der Waals surface area contributed by atoms with Crippen LogP contribution in [0.3, 0.4) is 0 Å². The second-order valence-electron chi connectivity index (χ2n) is 1.79. The molecule has 0 aromatic carbocycles. The molecule has 0 aromatic heterocycles. The number of rotatable bonds is 3. The first-order chi connectivity index (χ1) is 4.70. The number of carbonyl (C=O) groups is 1. The van der Waals surface area contributed by atoms with E-state index in [9.17, 15) is 4.79 Å². The Balaban J connectivity index is 3.78. The van der Waals surface area contributed by atoms with Gasteiger partial charge in [0.05, 0.1) is 0 Å². The van der Waals surface area contributed by atoms with Gasteiger partial charge in [-0.2, -0.15) is 0 Å². The van der Waals surface area contributed by atoms with Gasteiger partial charge in [-0.25, -0.2) is 0 Å². The topological polar surface area (TPSA) is 49.3 Å². The van der Waals surface area contributed by atoms with Crippen LogP contribution in [0.5, 0.6) is 0 Å². The third-order valence-corrected chi connectivity index (χ3v) is 0.848. The fourth-order valence-electron chi connectivity index (χ4n) is 0.478. The maximum Gasteiger partial charge on any atom is 0.249 e. The van der Waals surface area contributed by atoms with Crippen LogP contribution in [-0.2, 0) is 4.79 Å². The van der Waals surface area contributed by atoms with Crippen LogP contribution in [0.2, 0.25) is 0 Å². The fraction of sp³-hybridized carbons (Fsp3) is 0.286. The smallest absolute Gasteiger partial charge is 0.249 e. The number of aliphatic hydroxyl groups excluding tert-OH is 1. The predicted octanol–water partition coefficient (Wildman–Crippen LogP) is 0.185. The summed E-state index contributed by atoms with van der Waals surface area (Å²) in [5, 5.41) is 10.7. The minimum Gasteiger partial charge on any atom is -0.387 e. The van der Waals surface area contributed by atoms with Crippen molar-refractivity contribution in [1.82, 2.24) is 5.32 Å². The molecule has 0 aliphatic heterocycles. The van der Waals surface area contributed by atoms with Gasteiger partial charge in [0, 0.05) is 5.70 Å². The minimum absolute atomic E-state index is 0.407. The molecule has 0 spiro atoms. The lowest BCUT2D eigenvalue weighted by Crippen LogP contribution is -2.24. The Kier molecular flexibility index (Phi) is 4.24. The van der Waals surface area contributed by atoms with Gasteiger partial charge < -0.3 is 10.4 Å². The summed E-state index contributed by atoms with van der Waals surface area (Å²) in [6, 6.07) is 0. The highest BCUT2D eigenvalue weighted by Gasteiger charge is 1.95. The van der Waals surface area contributed by atoms with E-state index < -0.39 is 12.5 Å². The number of carbonyl (C=O) groups excluding carboxylic acids is 1. The molecule has 2 N–H and O–H groups in total. The van der Waals surface area contributed by atoms with Gasteiger partial charge in [-0.15, -0.1) is 0 Å². The lowest BCUT2D eigenvalue weighted by atomic mass is 10.4. The standard InChI is InChI=1S/C7H11NO2/c1-3-4-6(2)8-7(10)5-9/h3-4,9H,1,5H2,2H3,(H,8,10)/b6-4+. The summed E-state index contributed by atoms with van der Waals surface area (Å²) in [5.41, 5.74) is 0.675. The molecule has 0 rings (SSSR count). The molecule has 0 aliphatic rings. The highest BCUT2D eigenvalue weighted by molar-refractivity contribution is 5.78. The summed E-state index contributed by atoms with van der Waals surface area (Å²) < 4.78 is 0. The molecule has 0 unspecified atom stereocenters. The Labute approximate surface area is 60.1 Å². The maximum atomic E-state index is 10.5. The Bertz CT molecular complexity index is 161. The van der Waals surface area contributed by atoms with Crippen molar-refractivity contribution < 1.29 is 9.90 Å². The highest BCUT2D eigenvalue weighted by Crippen LogP contribution is 1.84. The minimum atomic E-state index is -0.484. The van der Waals surface area contributed by atoms with Crippen molar-refractivity contribution in [2.45, 2.75) is 6.92 Å². The van der Waals surface area contributed by atoms with E-state index in [2.05, 4.69) is 11.9 Å². The quantitative estimate of drug-likeness (QED) is 0.551. The summed E-state index contributed by atoms with van der Waals surface area (Å²) in [7, 11) is 0. The van der Waals surface area contributed by atoms with Gasteiger partial charge in [-0.3, -0.25) is 4.79 Å². The molecule has 0 heterocycles. The number of amides is 1. The first-order valence-electron chi connectivity index (χ1n) is 2.90. The van der Waals surface area contributed by atoms with Crippen LogP contribution in [0, 0.1) is 0 Å². The van der Waals surface area contributed by atoms with Gasteiger partial charge in [0.1, 0.15) is 6.61 Å². The third kappa shape index (κ3) is 3.86. The summed E-state index contributed by atoms with van der Waals surface area (Å²) in [6.45, 7) is 4.68. The highest BCUT2D eigenvalue weighted by atomic mass is 16.3. The van der Waals surface area contributed by atoms with E-state index in [0.717, 1.165) is 0 Å². The molecule has 1 amide bonds. The van der Waals surface area contributed by atoms with Gasteiger partial charge in [0.2, 0.25) is 5.91 Å². The molecule has 3 heteroatoms. The van der Waals surface area contributed by atoms with Gasteiger partial charge in [0.15, 0.2) is 0 Å². The molecule has 3 nitrogen and oxygen atoms in total. The average molecular weight is 141 g/mol. The number of hydrogen-bond acceptors (Lipinski definition) is 2. The van der Waals surface area contributed by atoms with Crippen LogP contribution in [0.15, 0.2) is 24.4 Å².